The van der Waals surface area contributed by atoms with Crippen molar-refractivity contribution in [3.8, 4) is 34.3 Å². The van der Waals surface area contributed by atoms with E-state index in [4.69, 9.17) is 37.9 Å². The first-order valence-electron chi connectivity index (χ1n) is 16.4. The molecule has 296 valence electrons. The minimum atomic E-state index is -2.02. The zero-order valence-corrected chi connectivity index (χ0v) is 28.6. The number of phenols is 1. The first kappa shape index (κ1) is 40.6. The predicted octanol–water partition coefficient (Wildman–Crippen LogP) is -2.30. The van der Waals surface area contributed by atoms with Gasteiger partial charge < -0.3 is 83.9 Å². The highest BCUT2D eigenvalue weighted by atomic mass is 16.7. The minimum absolute atomic E-state index is 0.0398. The van der Waals surface area contributed by atoms with Gasteiger partial charge in [0.15, 0.2) is 5.76 Å². The number of aliphatic carboxylic acids is 1. The largest absolute Gasteiger partial charge is 0.507 e. The lowest BCUT2D eigenvalue weighted by molar-refractivity contribution is -0.278. The summed E-state index contributed by atoms with van der Waals surface area (Å²) < 4.78 is 38.6. The maximum atomic E-state index is 14.0. The second-order valence-corrected chi connectivity index (χ2v) is 13.0. The molecular weight excluding hydrogens is 728 g/mol. The Labute approximate surface area is 304 Å². The number of ether oxygens (including phenoxy) is 6. The highest BCUT2D eigenvalue weighted by molar-refractivity contribution is 5.88. The normalized spacial score (nSPS) is 29.6. The zero-order chi connectivity index (χ0) is 39.6. The average Bonchev–Trinajstić information content (AvgIpc) is 3.11. The van der Waals surface area contributed by atoms with Gasteiger partial charge in [-0.05, 0) is 31.2 Å². The summed E-state index contributed by atoms with van der Waals surface area (Å²) in [5.74, 6) is -3.88. The van der Waals surface area contributed by atoms with Crippen molar-refractivity contribution in [1.82, 2.24) is 0 Å². The van der Waals surface area contributed by atoms with Gasteiger partial charge in [-0.1, -0.05) is 0 Å². The number of hydrogen-bond donors (Lipinski definition) is 10. The summed E-state index contributed by atoms with van der Waals surface area (Å²) in [5, 5.41) is 101. The Balaban J connectivity index is 1.44. The maximum absolute atomic E-state index is 14.0. The number of phenolic OH excluding ortho intramolecular Hbond substituents is 1. The Kier molecular flexibility index (Phi) is 12.3. The van der Waals surface area contributed by atoms with Crippen LogP contribution < -0.4 is 19.6 Å². The topological polar surface area (TPSA) is 322 Å². The lowest BCUT2D eigenvalue weighted by Crippen LogP contribution is -2.60. The van der Waals surface area contributed by atoms with Crippen molar-refractivity contribution in [2.24, 2.45) is 0 Å². The molecule has 0 spiro atoms. The van der Waals surface area contributed by atoms with E-state index >= 15 is 0 Å². The third-order valence-corrected chi connectivity index (χ3v) is 8.73. The van der Waals surface area contributed by atoms with Gasteiger partial charge in [0.05, 0.1) is 32.2 Å². The Hall–Kier alpha value is -4.61. The van der Waals surface area contributed by atoms with E-state index in [9.17, 15) is 60.3 Å². The molecule has 0 saturated carbocycles. The number of carbonyl (C=O) groups excluding carboxylic acids is 1. The van der Waals surface area contributed by atoms with Gasteiger partial charge in [-0.3, -0.25) is 14.4 Å². The van der Waals surface area contributed by atoms with Gasteiger partial charge in [0.1, 0.15) is 83.7 Å². The molecule has 3 heterocycles. The number of hydrogen-bond acceptors (Lipinski definition) is 19. The average molecular weight is 769 g/mol. The zero-order valence-electron chi connectivity index (χ0n) is 28.6. The molecule has 2 fully saturated rings. The SMILES string of the molecule is COc1cc(O)c2c(=O)c(O[C@@H]3O[C@H](COC(=O)C[C@@](C)(O)CC(=O)O)[C@H](O)[C@H](O)[C@H]3O)c(-c3ccc(O[C@@H]4O[C@H](CO)[C@@H](O)[C@H](O)[C@H]4O)cc3)oc2c1. The van der Waals surface area contributed by atoms with Crippen LogP contribution in [-0.2, 0) is 23.8 Å². The molecule has 20 nitrogen and oxygen atoms in total. The van der Waals surface area contributed by atoms with Crippen LogP contribution in [-0.4, -0.2) is 150 Å². The van der Waals surface area contributed by atoms with Gasteiger partial charge in [0, 0.05) is 17.7 Å². The summed E-state index contributed by atoms with van der Waals surface area (Å²) in [7, 11) is 1.30. The number of fused-ring (bicyclic) bond motifs is 1. The molecule has 2 aliphatic rings. The van der Waals surface area contributed by atoms with E-state index in [1.165, 1.54) is 37.4 Å². The molecule has 2 aliphatic heterocycles. The highest BCUT2D eigenvalue weighted by Crippen LogP contribution is 2.38. The second-order valence-electron chi connectivity index (χ2n) is 13.0. The van der Waals surface area contributed by atoms with Gasteiger partial charge in [-0.15, -0.1) is 0 Å². The molecule has 54 heavy (non-hydrogen) atoms. The number of aromatic hydroxyl groups is 1. The number of carboxylic acid groups (broad SMARTS) is 1. The fourth-order valence-corrected chi connectivity index (χ4v) is 5.85. The molecule has 11 atom stereocenters. The Morgan fingerprint density at radius 2 is 1.41 bits per heavy atom. The standard InChI is InChI=1S/C34H40O20/c1-34(47,9-20(37)38)10-21(39)49-12-19-24(41)27(44)29(46)33(53-19)54-31-25(42)22-16(36)7-15(48-2)8-17(22)51-30(31)13-3-5-14(6-4-13)50-32-28(45)26(43)23(40)18(11-35)52-32/h3-8,18-19,23-24,26-29,32-33,35-36,40-41,43-47H,9-12H2,1-2H3,(H,37,38)/t18-,19-,23-,24+,26+,27+,28-,29-,32-,33+,34+/m1/s1. The van der Waals surface area contributed by atoms with Crippen LogP contribution in [0, 0.1) is 0 Å². The number of methoxy groups -OCH3 is 1. The van der Waals surface area contributed by atoms with Gasteiger partial charge >= 0.3 is 11.9 Å². The van der Waals surface area contributed by atoms with E-state index in [0.29, 0.717) is 0 Å². The van der Waals surface area contributed by atoms with Crippen molar-refractivity contribution in [2.75, 3.05) is 20.3 Å². The van der Waals surface area contributed by atoms with Crippen molar-refractivity contribution in [1.29, 1.82) is 0 Å². The molecule has 0 radical (unpaired) electrons. The van der Waals surface area contributed by atoms with Crippen LogP contribution in [0.2, 0.25) is 0 Å². The molecule has 20 heteroatoms. The fourth-order valence-electron chi connectivity index (χ4n) is 5.85. The fraction of sp³-hybridized carbons (Fsp3) is 0.500. The first-order valence-corrected chi connectivity index (χ1v) is 16.4. The number of carbonyl (C=O) groups is 2. The number of benzene rings is 2. The third kappa shape index (κ3) is 8.68. The van der Waals surface area contributed by atoms with Gasteiger partial charge in [0.2, 0.25) is 23.8 Å². The molecule has 5 rings (SSSR count). The quantitative estimate of drug-likeness (QED) is 0.0817. The number of aliphatic hydroxyl groups excluding tert-OH is 7. The molecule has 0 bridgehead atoms. The van der Waals surface area contributed by atoms with Crippen molar-refractivity contribution < 1.29 is 93.5 Å². The summed E-state index contributed by atoms with van der Waals surface area (Å²) in [5.41, 5.74) is -3.04. The summed E-state index contributed by atoms with van der Waals surface area (Å²) in [6.45, 7) is -0.366. The van der Waals surface area contributed by atoms with E-state index in [0.717, 1.165) is 13.0 Å². The van der Waals surface area contributed by atoms with Gasteiger partial charge in [0.25, 0.3) is 0 Å². The Morgan fingerprint density at radius 3 is 2.00 bits per heavy atom. The van der Waals surface area contributed by atoms with E-state index in [-0.39, 0.29) is 33.8 Å². The van der Waals surface area contributed by atoms with Gasteiger partial charge in [-0.25, -0.2) is 0 Å². The van der Waals surface area contributed by atoms with E-state index in [1.807, 2.05) is 0 Å². The summed E-state index contributed by atoms with van der Waals surface area (Å²) >= 11 is 0. The third-order valence-electron chi connectivity index (χ3n) is 8.73. The number of aliphatic hydroxyl groups is 8. The smallest absolute Gasteiger partial charge is 0.308 e. The molecule has 0 aliphatic carbocycles. The molecule has 1 aromatic heterocycles. The van der Waals surface area contributed by atoms with Crippen molar-refractivity contribution in [2.45, 2.75) is 86.8 Å². The van der Waals surface area contributed by atoms with Gasteiger partial charge in [-0.2, -0.15) is 0 Å². The van der Waals surface area contributed by atoms with Crippen LogP contribution in [0.3, 0.4) is 0 Å². The maximum Gasteiger partial charge on any atom is 0.308 e. The second kappa shape index (κ2) is 16.4. The van der Waals surface area contributed by atoms with Crippen LogP contribution in [0.15, 0.2) is 45.6 Å². The van der Waals surface area contributed by atoms with Crippen LogP contribution >= 0.6 is 0 Å². The number of rotatable bonds is 13. The summed E-state index contributed by atoms with van der Waals surface area (Å²) in [6.07, 6.45) is -18.7. The number of carboxylic acids is 1. The lowest BCUT2D eigenvalue weighted by atomic mass is 9.98. The van der Waals surface area contributed by atoms with E-state index in [2.05, 4.69) is 0 Å². The molecule has 10 N–H and O–H groups in total. The molecule has 0 unspecified atom stereocenters. The Bertz CT molecular complexity index is 1860. The molecular formula is C34H40O20. The van der Waals surface area contributed by atoms with Crippen LogP contribution in [0.5, 0.6) is 23.0 Å². The van der Waals surface area contributed by atoms with E-state index < -0.39 is 122 Å². The van der Waals surface area contributed by atoms with Crippen LogP contribution in [0.4, 0.5) is 0 Å². The highest BCUT2D eigenvalue weighted by Gasteiger charge is 2.47. The number of esters is 1. The molecule has 2 aromatic carbocycles. The van der Waals surface area contributed by atoms with Crippen LogP contribution in [0.25, 0.3) is 22.3 Å². The molecule has 2 saturated heterocycles. The lowest BCUT2D eigenvalue weighted by Gasteiger charge is -2.40. The molecule has 3 aromatic rings. The van der Waals surface area contributed by atoms with Crippen LogP contribution in [0.1, 0.15) is 19.8 Å². The predicted molar refractivity (Wildman–Crippen MR) is 176 cm³/mol. The van der Waals surface area contributed by atoms with Crippen molar-refractivity contribution in [3.63, 3.8) is 0 Å². The van der Waals surface area contributed by atoms with E-state index in [1.54, 1.807) is 0 Å². The summed E-state index contributed by atoms with van der Waals surface area (Å²) in [6, 6.07) is 7.79. The summed E-state index contributed by atoms with van der Waals surface area (Å²) in [4.78, 5) is 37.3. The minimum Gasteiger partial charge on any atom is -0.507 e. The Morgan fingerprint density at radius 1 is 0.815 bits per heavy atom. The van der Waals surface area contributed by atoms with Crippen molar-refractivity contribution >= 4 is 22.9 Å². The van der Waals surface area contributed by atoms with Crippen molar-refractivity contribution in [3.05, 3.63) is 46.6 Å². The monoisotopic (exact) mass is 768 g/mol. The first-order chi connectivity index (χ1) is 25.4. The molecule has 0 amide bonds.